The van der Waals surface area contributed by atoms with Gasteiger partial charge in [-0.3, -0.25) is 0 Å². The highest BCUT2D eigenvalue weighted by Gasteiger charge is 2.39. The first-order valence-electron chi connectivity index (χ1n) is 19.6. The van der Waals surface area contributed by atoms with Crippen molar-refractivity contribution in [1.29, 1.82) is 0 Å². The van der Waals surface area contributed by atoms with Gasteiger partial charge in [0.15, 0.2) is 16.6 Å². The molecule has 3 nitrogen and oxygen atoms in total. The van der Waals surface area contributed by atoms with Gasteiger partial charge in [0.1, 0.15) is 11.5 Å². The highest BCUT2D eigenvalue weighted by atomic mass is 28.4. The van der Waals surface area contributed by atoms with Gasteiger partial charge < -0.3 is 13.6 Å². The van der Waals surface area contributed by atoms with Gasteiger partial charge in [0.2, 0.25) is 0 Å². The van der Waals surface area contributed by atoms with Crippen molar-refractivity contribution in [2.24, 2.45) is 0 Å². The highest BCUT2D eigenvalue weighted by molar-refractivity contribution is 6.84. The minimum absolute atomic E-state index is 0.0438. The van der Waals surface area contributed by atoms with Crippen molar-refractivity contribution < 1.29 is 13.6 Å². The van der Waals surface area contributed by atoms with Crippen LogP contribution >= 0.6 is 0 Å². The molecule has 0 unspecified atom stereocenters. The van der Waals surface area contributed by atoms with Crippen LogP contribution in [0.1, 0.15) is 168 Å². The van der Waals surface area contributed by atoms with E-state index >= 15 is 0 Å². The summed E-state index contributed by atoms with van der Waals surface area (Å²) in [6.45, 7) is 38.2. The van der Waals surface area contributed by atoms with Gasteiger partial charge in [0.05, 0.1) is 14.2 Å². The summed E-state index contributed by atoms with van der Waals surface area (Å²) in [5.74, 6) is 2.08. The van der Waals surface area contributed by atoms with Gasteiger partial charge in [-0.15, -0.1) is 0 Å². The van der Waals surface area contributed by atoms with Gasteiger partial charge in [-0.2, -0.15) is 0 Å². The van der Waals surface area contributed by atoms with Crippen LogP contribution in [-0.4, -0.2) is 30.9 Å². The average Bonchev–Trinajstić information content (AvgIpc) is 2.95. The first-order valence-corrected chi connectivity index (χ1v) is 25.8. The molecular weight excluding hydrogens is 633 g/mol. The summed E-state index contributed by atoms with van der Waals surface area (Å²) in [5.41, 5.74) is 8.71. The molecule has 0 atom stereocenters. The smallest absolute Gasteiger partial charge is 0.177 e. The zero-order valence-corrected chi connectivity index (χ0v) is 37.6. The first-order chi connectivity index (χ1) is 22.5. The Balaban J connectivity index is 2.69. The third kappa shape index (κ3) is 11.2. The Hall–Kier alpha value is -1.57. The van der Waals surface area contributed by atoms with E-state index in [4.69, 9.17) is 13.6 Å². The molecule has 0 saturated heterocycles. The molecule has 0 fully saturated rings. The molecule has 0 spiro atoms. The second-order valence-electron chi connectivity index (χ2n) is 18.9. The van der Waals surface area contributed by atoms with Gasteiger partial charge in [0, 0.05) is 11.1 Å². The van der Waals surface area contributed by atoms with Crippen molar-refractivity contribution in [1.82, 2.24) is 0 Å². The van der Waals surface area contributed by atoms with Crippen LogP contribution in [-0.2, 0) is 37.9 Å². The molecule has 0 amide bonds. The Morgan fingerprint density at radius 2 is 0.714 bits per heavy atom. The van der Waals surface area contributed by atoms with E-state index in [0.29, 0.717) is 0 Å². The zero-order valence-electron chi connectivity index (χ0n) is 35.6. The summed E-state index contributed by atoms with van der Waals surface area (Å²) in [7, 11) is -0.627. The van der Waals surface area contributed by atoms with E-state index in [1.54, 1.807) is 0 Å². The number of rotatable bonds is 20. The SMILES string of the molecule is CCCC(C)(C)c1cc(OC)c(C(C)(C)CCC)cc1C[Si](C)(C)O[Si](C)(C)Cc1cc(C(C)(C)CCC)c(OC)cc1C(C)(C)CCC. The van der Waals surface area contributed by atoms with Gasteiger partial charge in [0.25, 0.3) is 0 Å². The Kier molecular flexibility index (Phi) is 15.0. The lowest BCUT2D eigenvalue weighted by Gasteiger charge is -2.39. The monoisotopic (exact) mass is 711 g/mol. The standard InChI is InChI=1S/C44H78O3Si2/c1-19-23-41(5,6)35-29-39(45-13)37(43(9,10)25-21-3)27-33(35)31-48(15,16)47-49(17,18)32-34-28-38(44(11,12)26-22-4)40(46-14)30-36(34)42(7,8)24-20-2/h27-30H,19-26,31-32H2,1-18H3. The Labute approximate surface area is 307 Å². The van der Waals surface area contributed by atoms with Crippen LogP contribution < -0.4 is 9.47 Å². The fourth-order valence-corrected chi connectivity index (χ4v) is 18.0. The third-order valence-electron chi connectivity index (χ3n) is 11.1. The summed E-state index contributed by atoms with van der Waals surface area (Å²) < 4.78 is 19.8. The minimum Gasteiger partial charge on any atom is -0.496 e. The van der Waals surface area contributed by atoms with Crippen LogP contribution in [0.3, 0.4) is 0 Å². The molecule has 280 valence electrons. The molecular formula is C44H78O3Si2. The summed E-state index contributed by atoms with van der Waals surface area (Å²) in [5, 5.41) is 0. The molecule has 0 heterocycles. The van der Waals surface area contributed by atoms with Crippen molar-refractivity contribution in [3.63, 3.8) is 0 Å². The second-order valence-corrected chi connectivity index (χ2v) is 27.5. The predicted octanol–water partition coefficient (Wildman–Crippen LogP) is 13.3. The molecule has 2 rings (SSSR count). The quantitative estimate of drug-likeness (QED) is 0.128. The van der Waals surface area contributed by atoms with Crippen LogP contribution in [0.4, 0.5) is 0 Å². The van der Waals surface area contributed by atoms with E-state index in [9.17, 15) is 0 Å². The molecule has 49 heavy (non-hydrogen) atoms. The summed E-state index contributed by atoms with van der Waals surface area (Å²) in [6, 6.07) is 11.8. The fourth-order valence-electron chi connectivity index (χ4n) is 8.97. The van der Waals surface area contributed by atoms with Crippen molar-refractivity contribution in [2.45, 2.75) is 194 Å². The van der Waals surface area contributed by atoms with E-state index in [-0.39, 0.29) is 21.7 Å². The van der Waals surface area contributed by atoms with Gasteiger partial charge in [-0.05, 0) is 120 Å². The van der Waals surface area contributed by atoms with Crippen LogP contribution in [0.15, 0.2) is 24.3 Å². The predicted molar refractivity (Wildman–Crippen MR) is 221 cm³/mol. The molecule has 0 aliphatic rings. The molecule has 5 heteroatoms. The molecule has 0 N–H and O–H groups in total. The van der Waals surface area contributed by atoms with Crippen molar-refractivity contribution in [3.05, 3.63) is 57.6 Å². The molecule has 0 aliphatic heterocycles. The summed E-state index contributed by atoms with van der Waals surface area (Å²) in [4.78, 5) is 0. The molecule has 2 aromatic carbocycles. The molecule has 0 aliphatic carbocycles. The van der Waals surface area contributed by atoms with E-state index in [0.717, 1.165) is 75.0 Å². The molecule has 2 aromatic rings. The van der Waals surface area contributed by atoms with Gasteiger partial charge >= 0.3 is 0 Å². The maximum absolute atomic E-state index is 7.56. The minimum atomic E-state index is -2.16. The maximum atomic E-state index is 7.56. The number of methoxy groups -OCH3 is 2. The van der Waals surface area contributed by atoms with Crippen LogP contribution in [0.2, 0.25) is 26.2 Å². The molecule has 0 aromatic heterocycles. The number of hydrogen-bond acceptors (Lipinski definition) is 3. The lowest BCUT2D eigenvalue weighted by molar-refractivity contribution is 0.379. The maximum Gasteiger partial charge on any atom is 0.177 e. The van der Waals surface area contributed by atoms with Crippen molar-refractivity contribution in [3.8, 4) is 11.5 Å². The Morgan fingerprint density at radius 1 is 0.449 bits per heavy atom. The van der Waals surface area contributed by atoms with Crippen LogP contribution in [0.25, 0.3) is 0 Å². The topological polar surface area (TPSA) is 27.7 Å². The van der Waals surface area contributed by atoms with E-state index in [1.165, 1.54) is 33.4 Å². The third-order valence-corrected chi connectivity index (χ3v) is 17.9. The average molecular weight is 711 g/mol. The fraction of sp³-hybridized carbons (Fsp3) is 0.727. The summed E-state index contributed by atoms with van der Waals surface area (Å²) >= 11 is 0. The van der Waals surface area contributed by atoms with E-state index in [1.807, 2.05) is 14.2 Å². The van der Waals surface area contributed by atoms with Crippen LogP contribution in [0.5, 0.6) is 11.5 Å². The van der Waals surface area contributed by atoms with E-state index in [2.05, 4.69) is 134 Å². The zero-order chi connectivity index (χ0) is 37.6. The number of ether oxygens (including phenoxy) is 2. The lowest BCUT2D eigenvalue weighted by Crippen LogP contribution is -2.48. The number of benzene rings is 2. The normalized spacial score (nSPS) is 13.6. The molecule has 0 radical (unpaired) electrons. The van der Waals surface area contributed by atoms with Crippen molar-refractivity contribution >= 4 is 16.6 Å². The molecule has 0 saturated carbocycles. The Bertz CT molecular complexity index is 1260. The summed E-state index contributed by atoms with van der Waals surface area (Å²) in [6.07, 6.45) is 9.17. The van der Waals surface area contributed by atoms with Gasteiger partial charge in [-0.25, -0.2) is 0 Å². The Morgan fingerprint density at radius 3 is 0.959 bits per heavy atom. The number of hydrogen-bond donors (Lipinski definition) is 0. The highest BCUT2D eigenvalue weighted by Crippen LogP contribution is 2.44. The van der Waals surface area contributed by atoms with Crippen LogP contribution in [0, 0.1) is 0 Å². The van der Waals surface area contributed by atoms with E-state index < -0.39 is 16.6 Å². The van der Waals surface area contributed by atoms with Gasteiger partial charge in [-0.1, -0.05) is 121 Å². The lowest BCUT2D eigenvalue weighted by atomic mass is 9.74. The molecule has 0 bridgehead atoms. The largest absolute Gasteiger partial charge is 0.496 e. The second kappa shape index (κ2) is 16.8. The van der Waals surface area contributed by atoms with Crippen molar-refractivity contribution in [2.75, 3.05) is 14.2 Å². The first kappa shape index (κ1) is 43.6.